The van der Waals surface area contributed by atoms with E-state index in [9.17, 15) is 0 Å². The number of aryl methyl sites for hydroxylation is 1. The molecule has 2 N–H and O–H groups in total. The molecule has 1 aliphatic carbocycles. The summed E-state index contributed by atoms with van der Waals surface area (Å²) >= 11 is 0. The fourth-order valence-electron chi connectivity index (χ4n) is 4.36. The van der Waals surface area contributed by atoms with E-state index in [0.717, 1.165) is 42.1 Å². The second-order valence-corrected chi connectivity index (χ2v) is 7.21. The molecular weight excluding hydrogens is 310 g/mol. The van der Waals surface area contributed by atoms with Gasteiger partial charge in [0.15, 0.2) is 0 Å². The summed E-state index contributed by atoms with van der Waals surface area (Å²) in [5, 5.41) is 0. The summed E-state index contributed by atoms with van der Waals surface area (Å²) in [5.74, 6) is 1.42. The Kier molecular flexibility index (Phi) is 4.38. The predicted molar refractivity (Wildman–Crippen MR) is 102 cm³/mol. The molecule has 2 unspecified atom stereocenters. The number of anilines is 1. The van der Waals surface area contributed by atoms with Gasteiger partial charge in [-0.3, -0.25) is 4.90 Å². The van der Waals surface area contributed by atoms with E-state index < -0.39 is 0 Å². The molecule has 4 nitrogen and oxygen atoms in total. The van der Waals surface area contributed by atoms with Crippen LogP contribution in [0.2, 0.25) is 0 Å². The number of pyridine rings is 1. The first kappa shape index (κ1) is 16.4. The molecule has 2 atom stereocenters. The van der Waals surface area contributed by atoms with Gasteiger partial charge >= 0.3 is 0 Å². The van der Waals surface area contributed by atoms with Crippen LogP contribution in [0.1, 0.15) is 43.7 Å². The smallest absolute Gasteiger partial charge is 0.128 e. The maximum atomic E-state index is 5.87. The van der Waals surface area contributed by atoms with E-state index in [-0.39, 0.29) is 0 Å². The topological polar surface area (TPSA) is 51.1 Å². The zero-order valence-corrected chi connectivity index (χ0v) is 15.2. The lowest BCUT2D eigenvalue weighted by atomic mass is 9.98. The maximum Gasteiger partial charge on any atom is 0.128 e. The lowest BCUT2D eigenvalue weighted by Gasteiger charge is -2.16. The molecule has 2 aromatic rings. The SMILES string of the molecule is CCc1cc(-c2cccc(N)n2)c(OC)cc1CN1C2CCCCC21. The molecule has 1 saturated carbocycles. The summed E-state index contributed by atoms with van der Waals surface area (Å²) in [5.41, 5.74) is 10.5. The Morgan fingerprint density at radius 2 is 1.92 bits per heavy atom. The van der Waals surface area contributed by atoms with E-state index in [0.29, 0.717) is 5.82 Å². The van der Waals surface area contributed by atoms with Crippen molar-refractivity contribution in [2.75, 3.05) is 12.8 Å². The van der Waals surface area contributed by atoms with Crippen LogP contribution in [0.3, 0.4) is 0 Å². The van der Waals surface area contributed by atoms with E-state index in [4.69, 9.17) is 10.5 Å². The van der Waals surface area contributed by atoms with Crippen molar-refractivity contribution in [2.24, 2.45) is 0 Å². The number of nitrogens with zero attached hydrogens (tertiary/aromatic N) is 2. The van der Waals surface area contributed by atoms with Gasteiger partial charge in [0.2, 0.25) is 0 Å². The van der Waals surface area contributed by atoms with Crippen LogP contribution in [0, 0.1) is 0 Å². The van der Waals surface area contributed by atoms with E-state index in [1.54, 1.807) is 7.11 Å². The molecule has 4 heteroatoms. The summed E-state index contributed by atoms with van der Waals surface area (Å²) < 4.78 is 5.70. The highest BCUT2D eigenvalue weighted by Crippen LogP contribution is 2.42. The van der Waals surface area contributed by atoms with Gasteiger partial charge in [-0.15, -0.1) is 0 Å². The van der Waals surface area contributed by atoms with Crippen LogP contribution >= 0.6 is 0 Å². The van der Waals surface area contributed by atoms with E-state index in [1.165, 1.54) is 36.8 Å². The zero-order valence-electron chi connectivity index (χ0n) is 15.2. The number of nitrogen functional groups attached to an aromatic ring is 1. The number of aromatic nitrogens is 1. The van der Waals surface area contributed by atoms with Gasteiger partial charge in [-0.05, 0) is 54.7 Å². The summed E-state index contributed by atoms with van der Waals surface area (Å²) in [7, 11) is 1.73. The summed E-state index contributed by atoms with van der Waals surface area (Å²) in [6.07, 6.45) is 6.53. The minimum Gasteiger partial charge on any atom is -0.496 e. The van der Waals surface area contributed by atoms with Crippen molar-refractivity contribution in [3.05, 3.63) is 41.5 Å². The van der Waals surface area contributed by atoms with Crippen LogP contribution in [0.4, 0.5) is 5.82 Å². The average molecular weight is 337 g/mol. The molecule has 4 rings (SSSR count). The van der Waals surface area contributed by atoms with E-state index in [2.05, 4.69) is 28.9 Å². The Morgan fingerprint density at radius 1 is 1.16 bits per heavy atom. The highest BCUT2D eigenvalue weighted by Gasteiger charge is 2.47. The molecule has 0 bridgehead atoms. The number of hydrogen-bond donors (Lipinski definition) is 1. The zero-order chi connectivity index (χ0) is 17.4. The first-order chi connectivity index (χ1) is 12.2. The normalized spacial score (nSPS) is 24.6. The Labute approximate surface area is 150 Å². The molecule has 0 spiro atoms. The summed E-state index contributed by atoms with van der Waals surface area (Å²) in [4.78, 5) is 7.14. The first-order valence-corrected chi connectivity index (χ1v) is 9.39. The lowest BCUT2D eigenvalue weighted by molar-refractivity contribution is 0.413. The van der Waals surface area contributed by atoms with Gasteiger partial charge in [0.05, 0.1) is 12.8 Å². The third-order valence-electron chi connectivity index (χ3n) is 5.76. The van der Waals surface area contributed by atoms with Gasteiger partial charge in [0.1, 0.15) is 11.6 Å². The minimum absolute atomic E-state index is 0.537. The summed E-state index contributed by atoms with van der Waals surface area (Å²) in [6.45, 7) is 3.26. The van der Waals surface area contributed by atoms with Crippen LogP contribution in [0.5, 0.6) is 5.75 Å². The molecule has 1 aliphatic heterocycles. The lowest BCUT2D eigenvalue weighted by Crippen LogP contribution is -2.06. The summed E-state index contributed by atoms with van der Waals surface area (Å²) in [6, 6.07) is 11.8. The maximum absolute atomic E-state index is 5.87. The Hall–Kier alpha value is -2.07. The van der Waals surface area contributed by atoms with Crippen molar-refractivity contribution in [1.82, 2.24) is 9.88 Å². The van der Waals surface area contributed by atoms with Gasteiger partial charge < -0.3 is 10.5 Å². The Morgan fingerprint density at radius 3 is 2.56 bits per heavy atom. The van der Waals surface area contributed by atoms with Crippen molar-refractivity contribution in [3.63, 3.8) is 0 Å². The van der Waals surface area contributed by atoms with Gasteiger partial charge in [0.25, 0.3) is 0 Å². The van der Waals surface area contributed by atoms with Crippen LogP contribution in [0.25, 0.3) is 11.3 Å². The molecule has 1 aromatic heterocycles. The fraction of sp³-hybridized carbons (Fsp3) is 0.476. The van der Waals surface area contributed by atoms with Gasteiger partial charge in [-0.25, -0.2) is 4.98 Å². The van der Waals surface area contributed by atoms with Crippen molar-refractivity contribution < 1.29 is 4.74 Å². The standard InChI is InChI=1S/C21H27N3O/c1-3-14-11-16(17-7-6-10-21(22)23-17)20(25-2)12-15(14)13-24-18-8-4-5-9-19(18)24/h6-7,10-12,18-19H,3-5,8-9,13H2,1-2H3,(H2,22,23). The Balaban J connectivity index is 1.66. The van der Waals surface area contributed by atoms with Crippen molar-refractivity contribution in [2.45, 2.75) is 57.7 Å². The highest BCUT2D eigenvalue weighted by atomic mass is 16.5. The number of methoxy groups -OCH3 is 1. The molecule has 2 fully saturated rings. The van der Waals surface area contributed by atoms with Crippen LogP contribution in [-0.4, -0.2) is 29.1 Å². The molecule has 2 aliphatic rings. The third kappa shape index (κ3) is 3.11. The molecular formula is C21H27N3O. The average Bonchev–Trinajstić information content (AvgIpc) is 3.34. The van der Waals surface area contributed by atoms with E-state index in [1.807, 2.05) is 18.2 Å². The largest absolute Gasteiger partial charge is 0.496 e. The molecule has 2 heterocycles. The predicted octanol–water partition coefficient (Wildman–Crippen LogP) is 4.03. The number of ether oxygens (including phenoxy) is 1. The number of benzene rings is 1. The van der Waals surface area contributed by atoms with Crippen molar-refractivity contribution in [1.29, 1.82) is 0 Å². The van der Waals surface area contributed by atoms with Crippen LogP contribution in [0.15, 0.2) is 30.3 Å². The van der Waals surface area contributed by atoms with Crippen LogP contribution < -0.4 is 10.5 Å². The fourth-order valence-corrected chi connectivity index (χ4v) is 4.36. The number of rotatable bonds is 5. The third-order valence-corrected chi connectivity index (χ3v) is 5.76. The number of fused-ring (bicyclic) bond motifs is 1. The number of nitrogens with two attached hydrogens (primary N) is 1. The van der Waals surface area contributed by atoms with Crippen molar-refractivity contribution in [3.8, 4) is 17.0 Å². The number of hydrogen-bond acceptors (Lipinski definition) is 4. The minimum atomic E-state index is 0.537. The van der Waals surface area contributed by atoms with Gasteiger partial charge in [-0.2, -0.15) is 0 Å². The van der Waals surface area contributed by atoms with Gasteiger partial charge in [-0.1, -0.05) is 25.8 Å². The second-order valence-electron chi connectivity index (χ2n) is 7.21. The molecule has 0 amide bonds. The molecule has 25 heavy (non-hydrogen) atoms. The Bertz CT molecular complexity index is 762. The van der Waals surface area contributed by atoms with Gasteiger partial charge in [0, 0.05) is 24.2 Å². The first-order valence-electron chi connectivity index (χ1n) is 9.39. The quantitative estimate of drug-likeness (QED) is 0.837. The molecule has 1 aromatic carbocycles. The highest BCUT2D eigenvalue weighted by molar-refractivity contribution is 5.70. The molecule has 1 saturated heterocycles. The van der Waals surface area contributed by atoms with Crippen LogP contribution in [-0.2, 0) is 13.0 Å². The monoisotopic (exact) mass is 337 g/mol. The second kappa shape index (κ2) is 6.68. The number of likely N-dealkylation sites (tertiary alicyclic amines) is 1. The molecule has 132 valence electrons. The van der Waals surface area contributed by atoms with E-state index >= 15 is 0 Å². The van der Waals surface area contributed by atoms with Crippen molar-refractivity contribution >= 4 is 5.82 Å². The molecule has 0 radical (unpaired) electrons.